The Bertz CT molecular complexity index is 602. The lowest BCUT2D eigenvalue weighted by Gasteiger charge is -2.26. The lowest BCUT2D eigenvalue weighted by Crippen LogP contribution is -2.38. The van der Waals surface area contributed by atoms with E-state index in [1.54, 1.807) is 17.8 Å². The Morgan fingerprint density at radius 3 is 2.57 bits per heavy atom. The first-order chi connectivity index (χ1) is 9.96. The van der Waals surface area contributed by atoms with Gasteiger partial charge in [0.2, 0.25) is 10.0 Å². The molecule has 4 nitrogen and oxygen atoms in total. The van der Waals surface area contributed by atoms with Crippen LogP contribution in [0, 0.1) is 0 Å². The third-order valence-electron chi connectivity index (χ3n) is 3.23. The molecular weight excluding hydrogens is 351 g/mol. The zero-order valence-corrected chi connectivity index (χ0v) is 14.9. The van der Waals surface area contributed by atoms with E-state index in [9.17, 15) is 8.42 Å². The lowest BCUT2D eigenvalue weighted by molar-refractivity contribution is 0.443. The van der Waals surface area contributed by atoms with Crippen molar-refractivity contribution in [3.8, 4) is 0 Å². The summed E-state index contributed by atoms with van der Waals surface area (Å²) in [6.07, 6.45) is 0. The SMILES string of the molecule is CCNCc1cc(Cl)cc(S(=O)(=O)N2CCSCC2)c1Cl. The highest BCUT2D eigenvalue weighted by Crippen LogP contribution is 2.32. The summed E-state index contributed by atoms with van der Waals surface area (Å²) in [5.41, 5.74) is 0.705. The van der Waals surface area contributed by atoms with E-state index in [1.165, 1.54) is 10.4 Å². The average Bonchev–Trinajstić information content (AvgIpc) is 2.48. The molecule has 1 aromatic rings. The highest BCUT2D eigenvalue weighted by molar-refractivity contribution is 7.99. The summed E-state index contributed by atoms with van der Waals surface area (Å²) in [5.74, 6) is 1.61. The quantitative estimate of drug-likeness (QED) is 0.867. The second-order valence-electron chi connectivity index (χ2n) is 4.67. The van der Waals surface area contributed by atoms with Crippen molar-refractivity contribution in [1.82, 2.24) is 9.62 Å². The average molecular weight is 369 g/mol. The predicted molar refractivity (Wildman–Crippen MR) is 89.9 cm³/mol. The van der Waals surface area contributed by atoms with Crippen molar-refractivity contribution in [2.24, 2.45) is 0 Å². The molecule has 0 spiro atoms. The molecule has 0 bridgehead atoms. The topological polar surface area (TPSA) is 49.4 Å². The van der Waals surface area contributed by atoms with Gasteiger partial charge in [-0.3, -0.25) is 0 Å². The fraction of sp³-hybridized carbons (Fsp3) is 0.538. The summed E-state index contributed by atoms with van der Waals surface area (Å²) in [6, 6.07) is 3.15. The van der Waals surface area contributed by atoms with Gasteiger partial charge in [0.15, 0.2) is 0 Å². The van der Waals surface area contributed by atoms with Crippen molar-refractivity contribution >= 4 is 45.0 Å². The second kappa shape index (κ2) is 7.53. The van der Waals surface area contributed by atoms with Gasteiger partial charge in [-0.1, -0.05) is 30.1 Å². The van der Waals surface area contributed by atoms with Gasteiger partial charge in [-0.05, 0) is 24.2 Å². The molecule has 0 aliphatic carbocycles. The second-order valence-corrected chi connectivity index (χ2v) is 8.62. The minimum absolute atomic E-state index is 0.108. The number of nitrogens with zero attached hydrogens (tertiary/aromatic N) is 1. The van der Waals surface area contributed by atoms with Gasteiger partial charge in [-0.25, -0.2) is 8.42 Å². The van der Waals surface area contributed by atoms with Crippen LogP contribution in [0.25, 0.3) is 0 Å². The Morgan fingerprint density at radius 1 is 1.29 bits per heavy atom. The van der Waals surface area contributed by atoms with E-state index in [2.05, 4.69) is 5.32 Å². The number of halogens is 2. The summed E-state index contributed by atoms with van der Waals surface area (Å²) in [4.78, 5) is 0.108. The minimum atomic E-state index is -3.59. The van der Waals surface area contributed by atoms with Gasteiger partial charge in [0.05, 0.1) is 5.02 Å². The number of hydrogen-bond acceptors (Lipinski definition) is 4. The summed E-state index contributed by atoms with van der Waals surface area (Å²) in [7, 11) is -3.59. The summed E-state index contributed by atoms with van der Waals surface area (Å²) in [6.45, 7) is 4.26. The van der Waals surface area contributed by atoms with Crippen molar-refractivity contribution in [2.45, 2.75) is 18.4 Å². The van der Waals surface area contributed by atoms with Crippen LogP contribution in [-0.2, 0) is 16.6 Å². The van der Waals surface area contributed by atoms with E-state index in [-0.39, 0.29) is 9.92 Å². The molecule has 0 saturated carbocycles. The highest BCUT2D eigenvalue weighted by atomic mass is 35.5. The fourth-order valence-corrected chi connectivity index (χ4v) is 5.60. The van der Waals surface area contributed by atoms with Gasteiger partial charge in [0, 0.05) is 36.2 Å². The normalized spacial score (nSPS) is 17.1. The fourth-order valence-electron chi connectivity index (χ4n) is 2.12. The van der Waals surface area contributed by atoms with E-state index < -0.39 is 10.0 Å². The standard InChI is InChI=1S/C13H18Cl2N2O2S2/c1-2-16-9-10-7-11(14)8-12(13(10)15)21(18,19)17-3-5-20-6-4-17/h7-8,16H,2-6,9H2,1H3. The van der Waals surface area contributed by atoms with Crippen molar-refractivity contribution in [1.29, 1.82) is 0 Å². The molecule has 21 heavy (non-hydrogen) atoms. The van der Waals surface area contributed by atoms with E-state index in [0.29, 0.717) is 30.2 Å². The van der Waals surface area contributed by atoms with Crippen molar-refractivity contribution in [3.63, 3.8) is 0 Å². The maximum atomic E-state index is 12.7. The molecule has 1 saturated heterocycles. The summed E-state index contributed by atoms with van der Waals surface area (Å²) >= 11 is 14.1. The van der Waals surface area contributed by atoms with Crippen LogP contribution < -0.4 is 5.32 Å². The molecule has 0 aromatic heterocycles. The van der Waals surface area contributed by atoms with Crippen LogP contribution >= 0.6 is 35.0 Å². The largest absolute Gasteiger partial charge is 0.313 e. The van der Waals surface area contributed by atoms with Crippen LogP contribution in [0.15, 0.2) is 17.0 Å². The van der Waals surface area contributed by atoms with Gasteiger partial charge < -0.3 is 5.32 Å². The zero-order chi connectivity index (χ0) is 15.5. The van der Waals surface area contributed by atoms with Gasteiger partial charge >= 0.3 is 0 Å². The first-order valence-electron chi connectivity index (χ1n) is 6.73. The molecule has 0 atom stereocenters. The molecule has 118 valence electrons. The van der Waals surface area contributed by atoms with E-state index >= 15 is 0 Å². The van der Waals surface area contributed by atoms with Crippen LogP contribution in [0.3, 0.4) is 0 Å². The Morgan fingerprint density at radius 2 is 1.95 bits per heavy atom. The first kappa shape index (κ1) is 17.4. The van der Waals surface area contributed by atoms with Crippen LogP contribution in [0.2, 0.25) is 10.0 Å². The van der Waals surface area contributed by atoms with Gasteiger partial charge in [0.25, 0.3) is 0 Å². The molecule has 1 heterocycles. The van der Waals surface area contributed by atoms with Crippen molar-refractivity contribution < 1.29 is 8.42 Å². The van der Waals surface area contributed by atoms with Gasteiger partial charge in [0.1, 0.15) is 4.90 Å². The molecule has 1 aromatic carbocycles. The van der Waals surface area contributed by atoms with Gasteiger partial charge in [-0.15, -0.1) is 0 Å². The zero-order valence-electron chi connectivity index (χ0n) is 11.7. The number of rotatable bonds is 5. The smallest absolute Gasteiger partial charge is 0.244 e. The van der Waals surface area contributed by atoms with Gasteiger partial charge in [-0.2, -0.15) is 16.1 Å². The molecule has 1 aliphatic heterocycles. The monoisotopic (exact) mass is 368 g/mol. The molecular formula is C13H18Cl2N2O2S2. The molecule has 8 heteroatoms. The molecule has 1 N–H and O–H groups in total. The van der Waals surface area contributed by atoms with E-state index in [4.69, 9.17) is 23.2 Å². The van der Waals surface area contributed by atoms with E-state index in [0.717, 1.165) is 18.1 Å². The summed E-state index contributed by atoms with van der Waals surface area (Å²) < 4.78 is 27.0. The third kappa shape index (κ3) is 4.06. The van der Waals surface area contributed by atoms with Crippen LogP contribution in [-0.4, -0.2) is 43.9 Å². The third-order valence-corrected chi connectivity index (χ3v) is 6.87. The highest BCUT2D eigenvalue weighted by Gasteiger charge is 2.29. The molecule has 2 rings (SSSR count). The molecule has 0 unspecified atom stereocenters. The van der Waals surface area contributed by atoms with Crippen LogP contribution in [0.1, 0.15) is 12.5 Å². The molecule has 0 radical (unpaired) electrons. The van der Waals surface area contributed by atoms with Crippen molar-refractivity contribution in [2.75, 3.05) is 31.1 Å². The minimum Gasteiger partial charge on any atom is -0.313 e. The Balaban J connectivity index is 2.39. The number of sulfonamides is 1. The lowest BCUT2D eigenvalue weighted by atomic mass is 10.2. The van der Waals surface area contributed by atoms with Crippen molar-refractivity contribution in [3.05, 3.63) is 27.7 Å². The van der Waals surface area contributed by atoms with Crippen LogP contribution in [0.4, 0.5) is 0 Å². The molecule has 0 amide bonds. The first-order valence-corrected chi connectivity index (χ1v) is 10.1. The number of hydrogen-bond donors (Lipinski definition) is 1. The Kier molecular flexibility index (Phi) is 6.23. The number of nitrogens with one attached hydrogen (secondary N) is 1. The molecule has 1 aliphatic rings. The molecule has 1 fully saturated rings. The Hall–Kier alpha value is 0.0200. The maximum absolute atomic E-state index is 12.7. The number of benzene rings is 1. The van der Waals surface area contributed by atoms with Crippen LogP contribution in [0.5, 0.6) is 0 Å². The number of thioether (sulfide) groups is 1. The predicted octanol–water partition coefficient (Wildman–Crippen LogP) is 2.84. The maximum Gasteiger partial charge on any atom is 0.244 e. The summed E-state index contributed by atoms with van der Waals surface area (Å²) in [5, 5.41) is 3.78. The Labute approximate surface area is 140 Å². The van der Waals surface area contributed by atoms with E-state index in [1.807, 2.05) is 6.92 Å².